The number of hydrogen-bond donors (Lipinski definition) is 2. The molecule has 1 aromatic carbocycles. The number of carbonyl (C=O) groups is 1. The van der Waals surface area contributed by atoms with Gasteiger partial charge in [0.05, 0.1) is 29.2 Å². The molecule has 1 saturated heterocycles. The molecule has 40 heavy (non-hydrogen) atoms. The summed E-state index contributed by atoms with van der Waals surface area (Å²) in [7, 11) is 0. The molecule has 2 aliphatic rings. The first-order chi connectivity index (χ1) is 19.2. The monoisotopic (exact) mass is 545 g/mol. The van der Waals surface area contributed by atoms with Crippen molar-refractivity contribution in [3.8, 4) is 11.3 Å². The largest absolute Gasteiger partial charge is 0.442 e. The van der Waals surface area contributed by atoms with Crippen molar-refractivity contribution < 1.29 is 13.9 Å². The maximum Gasteiger partial charge on any atom is 0.313 e. The first-order valence-electron chi connectivity index (χ1n) is 13.4. The predicted molar refractivity (Wildman–Crippen MR) is 146 cm³/mol. The van der Waals surface area contributed by atoms with E-state index in [1.54, 1.807) is 29.3 Å². The number of nitrogens with one attached hydrogen (secondary N) is 2. The van der Waals surface area contributed by atoms with Gasteiger partial charge in [-0.25, -0.2) is 24.0 Å². The van der Waals surface area contributed by atoms with Crippen molar-refractivity contribution in [3.63, 3.8) is 0 Å². The minimum Gasteiger partial charge on any atom is -0.442 e. The van der Waals surface area contributed by atoms with Gasteiger partial charge in [0, 0.05) is 43.0 Å². The molecule has 1 aliphatic heterocycles. The number of rotatable bonds is 7. The molecule has 0 bridgehead atoms. The molecule has 2 unspecified atom stereocenters. The van der Waals surface area contributed by atoms with Crippen LogP contribution in [0.15, 0.2) is 43.0 Å². The molecule has 2 atom stereocenters. The Labute approximate surface area is 231 Å². The van der Waals surface area contributed by atoms with Crippen LogP contribution in [0, 0.1) is 11.2 Å². The number of halogens is 1. The van der Waals surface area contributed by atoms with Crippen molar-refractivity contribution in [3.05, 3.63) is 65.6 Å². The van der Waals surface area contributed by atoms with Gasteiger partial charge in [-0.1, -0.05) is 11.3 Å². The van der Waals surface area contributed by atoms with Crippen LogP contribution in [0.5, 0.6) is 0 Å². The minimum atomic E-state index is -0.562. The van der Waals surface area contributed by atoms with E-state index < -0.39 is 5.41 Å². The maximum absolute atomic E-state index is 13.5. The first-order valence-corrected chi connectivity index (χ1v) is 13.4. The van der Waals surface area contributed by atoms with Crippen LogP contribution in [0.1, 0.15) is 49.9 Å². The van der Waals surface area contributed by atoms with Crippen LogP contribution in [0.2, 0.25) is 0 Å². The number of aromatic nitrogens is 7. The van der Waals surface area contributed by atoms with Crippen molar-refractivity contribution in [2.24, 2.45) is 5.41 Å². The van der Waals surface area contributed by atoms with E-state index in [0.717, 1.165) is 66.4 Å². The summed E-state index contributed by atoms with van der Waals surface area (Å²) < 4.78 is 20.4. The fourth-order valence-corrected chi connectivity index (χ4v) is 5.13. The van der Waals surface area contributed by atoms with E-state index in [0.29, 0.717) is 5.95 Å². The highest BCUT2D eigenvalue weighted by molar-refractivity contribution is 5.75. The number of imidazole rings is 1. The number of aromatic amines is 1. The third kappa shape index (κ3) is 5.51. The predicted octanol–water partition coefficient (Wildman–Crippen LogP) is 3.72. The SMILES string of the molecule is CC(C)(C)C(=O)OCn1cc(C2CCN(c3ncc(-c4cnc(NC5Cc6ccc(F)cc6C5)nc4)[nH]3)C2)nn1. The van der Waals surface area contributed by atoms with E-state index >= 15 is 0 Å². The number of fused-ring (bicyclic) bond motifs is 1. The number of benzene rings is 1. The molecule has 0 amide bonds. The molecule has 208 valence electrons. The Morgan fingerprint density at radius 1 is 1.15 bits per heavy atom. The van der Waals surface area contributed by atoms with Gasteiger partial charge in [0.25, 0.3) is 0 Å². The summed E-state index contributed by atoms with van der Waals surface area (Å²) in [4.78, 5) is 31.2. The first kappa shape index (κ1) is 25.9. The highest BCUT2D eigenvalue weighted by Crippen LogP contribution is 2.30. The Balaban J connectivity index is 1.03. The van der Waals surface area contributed by atoms with Crippen LogP contribution in [-0.4, -0.2) is 60.0 Å². The molecule has 0 radical (unpaired) electrons. The summed E-state index contributed by atoms with van der Waals surface area (Å²) in [6.45, 7) is 7.07. The van der Waals surface area contributed by atoms with Gasteiger partial charge in [0.1, 0.15) is 5.82 Å². The maximum atomic E-state index is 13.5. The Hall–Kier alpha value is -4.35. The number of anilines is 2. The van der Waals surface area contributed by atoms with E-state index in [4.69, 9.17) is 4.74 Å². The van der Waals surface area contributed by atoms with E-state index in [1.807, 2.05) is 33.0 Å². The third-order valence-corrected chi connectivity index (χ3v) is 7.36. The number of ether oxygens (including phenoxy) is 1. The lowest BCUT2D eigenvalue weighted by molar-refractivity contribution is -0.157. The number of esters is 1. The summed E-state index contributed by atoms with van der Waals surface area (Å²) in [6.07, 6.45) is 9.65. The zero-order valence-corrected chi connectivity index (χ0v) is 22.8. The normalized spacial score (nSPS) is 18.6. The fourth-order valence-electron chi connectivity index (χ4n) is 5.13. The molecule has 11 nitrogen and oxygen atoms in total. The third-order valence-electron chi connectivity index (χ3n) is 7.36. The summed E-state index contributed by atoms with van der Waals surface area (Å²) in [5, 5.41) is 11.8. The van der Waals surface area contributed by atoms with Crippen molar-refractivity contribution in [1.82, 2.24) is 34.9 Å². The standard InChI is InChI=1S/C28H32FN9O2/c1-28(2,3)25(39)40-16-38-15-24(35-36-38)18-6-7-37(14-18)27-32-13-23(34-27)20-11-30-26(31-12-20)33-22-9-17-4-5-21(29)8-19(17)10-22/h4-5,8,11-13,15,18,22H,6-7,9-10,14,16H2,1-3H3,(H,32,34)(H,30,31,33). The van der Waals surface area contributed by atoms with E-state index in [-0.39, 0.29) is 30.5 Å². The zero-order chi connectivity index (χ0) is 27.9. The minimum absolute atomic E-state index is 0.0474. The van der Waals surface area contributed by atoms with Gasteiger partial charge >= 0.3 is 5.97 Å². The molecule has 12 heteroatoms. The summed E-state index contributed by atoms with van der Waals surface area (Å²) in [6, 6.07) is 5.11. The number of H-pyrrole nitrogens is 1. The van der Waals surface area contributed by atoms with Gasteiger partial charge < -0.3 is 19.9 Å². The van der Waals surface area contributed by atoms with Crippen LogP contribution >= 0.6 is 0 Å². The molecular formula is C28H32FN9O2. The summed E-state index contributed by atoms with van der Waals surface area (Å²) in [5.41, 5.74) is 4.18. The van der Waals surface area contributed by atoms with Crippen LogP contribution in [0.25, 0.3) is 11.3 Å². The molecule has 1 aliphatic carbocycles. The smallest absolute Gasteiger partial charge is 0.313 e. The molecule has 0 spiro atoms. The second-order valence-electron chi connectivity index (χ2n) is 11.5. The van der Waals surface area contributed by atoms with Crippen molar-refractivity contribution in [1.29, 1.82) is 0 Å². The van der Waals surface area contributed by atoms with Crippen LogP contribution in [-0.2, 0) is 29.1 Å². The molecule has 6 rings (SSSR count). The Kier molecular flexibility index (Phi) is 6.68. The highest BCUT2D eigenvalue weighted by atomic mass is 19.1. The fraction of sp³-hybridized carbons (Fsp3) is 0.429. The van der Waals surface area contributed by atoms with Crippen LogP contribution in [0.4, 0.5) is 16.3 Å². The van der Waals surface area contributed by atoms with Gasteiger partial charge in [-0.15, -0.1) is 5.10 Å². The number of hydrogen-bond acceptors (Lipinski definition) is 9. The lowest BCUT2D eigenvalue weighted by atomic mass is 9.98. The molecule has 0 saturated carbocycles. The van der Waals surface area contributed by atoms with Crippen LogP contribution in [0.3, 0.4) is 0 Å². The Bertz CT molecular complexity index is 1510. The average Bonchev–Trinajstić information content (AvgIpc) is 3.72. The van der Waals surface area contributed by atoms with Gasteiger partial charge in [-0.2, -0.15) is 0 Å². The molecule has 1 fully saturated rings. The van der Waals surface area contributed by atoms with E-state index in [2.05, 4.69) is 40.5 Å². The van der Waals surface area contributed by atoms with E-state index in [9.17, 15) is 9.18 Å². The lowest BCUT2D eigenvalue weighted by Gasteiger charge is -2.16. The van der Waals surface area contributed by atoms with Crippen LogP contribution < -0.4 is 10.2 Å². The second kappa shape index (κ2) is 10.3. The number of carbonyl (C=O) groups excluding carboxylic acids is 1. The molecule has 3 aromatic heterocycles. The summed E-state index contributed by atoms with van der Waals surface area (Å²) in [5.74, 6) is 1.05. The quantitative estimate of drug-likeness (QED) is 0.334. The van der Waals surface area contributed by atoms with Crippen molar-refractivity contribution in [2.75, 3.05) is 23.3 Å². The molecule has 2 N–H and O–H groups in total. The van der Waals surface area contributed by atoms with Gasteiger partial charge in [-0.3, -0.25) is 4.79 Å². The lowest BCUT2D eigenvalue weighted by Crippen LogP contribution is -2.24. The Morgan fingerprint density at radius 2 is 1.95 bits per heavy atom. The molecule has 4 aromatic rings. The Morgan fingerprint density at radius 3 is 2.75 bits per heavy atom. The highest BCUT2D eigenvalue weighted by Gasteiger charge is 2.29. The van der Waals surface area contributed by atoms with Gasteiger partial charge in [-0.05, 0) is 63.3 Å². The molecule has 4 heterocycles. The second-order valence-corrected chi connectivity index (χ2v) is 11.5. The van der Waals surface area contributed by atoms with E-state index in [1.165, 1.54) is 6.07 Å². The topological polar surface area (TPSA) is 127 Å². The van der Waals surface area contributed by atoms with Crippen molar-refractivity contribution >= 4 is 17.9 Å². The average molecular weight is 546 g/mol. The number of nitrogens with zero attached hydrogens (tertiary/aromatic N) is 7. The zero-order valence-electron chi connectivity index (χ0n) is 22.8. The molecular weight excluding hydrogens is 513 g/mol. The summed E-state index contributed by atoms with van der Waals surface area (Å²) >= 11 is 0. The van der Waals surface area contributed by atoms with Crippen molar-refractivity contribution in [2.45, 2.75) is 58.7 Å². The van der Waals surface area contributed by atoms with Gasteiger partial charge in [0.15, 0.2) is 6.73 Å². The van der Waals surface area contributed by atoms with Gasteiger partial charge in [0.2, 0.25) is 11.9 Å².